The zero-order chi connectivity index (χ0) is 16.2. The van der Waals surface area contributed by atoms with E-state index in [-0.39, 0.29) is 16.9 Å². The second-order valence-corrected chi connectivity index (χ2v) is 5.09. The van der Waals surface area contributed by atoms with Gasteiger partial charge in [0, 0.05) is 14.1 Å². The van der Waals surface area contributed by atoms with Crippen molar-refractivity contribution >= 4 is 29.0 Å². The van der Waals surface area contributed by atoms with Crippen LogP contribution in [0.3, 0.4) is 0 Å². The van der Waals surface area contributed by atoms with Crippen LogP contribution in [-0.2, 0) is 4.79 Å². The second-order valence-electron chi connectivity index (χ2n) is 4.73. The van der Waals surface area contributed by atoms with Gasteiger partial charge in [-0.05, 0) is 13.3 Å². The van der Waals surface area contributed by atoms with Gasteiger partial charge in [-0.3, -0.25) is 14.9 Å². The van der Waals surface area contributed by atoms with E-state index in [4.69, 9.17) is 11.6 Å². The first kappa shape index (κ1) is 17.1. The molecule has 1 amide bonds. The van der Waals surface area contributed by atoms with Crippen molar-refractivity contribution in [2.75, 3.05) is 19.4 Å². The Hall–Kier alpha value is -1.96. The summed E-state index contributed by atoms with van der Waals surface area (Å²) in [4.78, 5) is 31.7. The molecule has 0 saturated heterocycles. The second kappa shape index (κ2) is 7.16. The molecule has 1 aromatic heterocycles. The number of aryl methyl sites for hydroxylation is 1. The molecular formula is C12H18ClN5O3. The van der Waals surface area contributed by atoms with Gasteiger partial charge in [0.1, 0.15) is 11.9 Å². The summed E-state index contributed by atoms with van der Waals surface area (Å²) in [5.74, 6) is 0.0744. The van der Waals surface area contributed by atoms with Crippen LogP contribution < -0.4 is 5.32 Å². The lowest BCUT2D eigenvalue weighted by Gasteiger charge is -2.21. The van der Waals surface area contributed by atoms with Crippen molar-refractivity contribution in [1.29, 1.82) is 0 Å². The van der Waals surface area contributed by atoms with Crippen LogP contribution in [0, 0.1) is 17.0 Å². The third-order valence-electron chi connectivity index (χ3n) is 2.76. The molecule has 0 spiro atoms. The number of hydrogen-bond acceptors (Lipinski definition) is 6. The zero-order valence-electron chi connectivity index (χ0n) is 12.4. The van der Waals surface area contributed by atoms with Crippen LogP contribution in [0.15, 0.2) is 0 Å². The number of anilines is 1. The Bertz CT molecular complexity index is 550. The highest BCUT2D eigenvalue weighted by molar-refractivity contribution is 6.31. The van der Waals surface area contributed by atoms with Crippen molar-refractivity contribution in [2.24, 2.45) is 0 Å². The summed E-state index contributed by atoms with van der Waals surface area (Å²) < 4.78 is 0. The first-order chi connectivity index (χ1) is 9.77. The van der Waals surface area contributed by atoms with Gasteiger partial charge in [-0.2, -0.15) is 0 Å². The van der Waals surface area contributed by atoms with E-state index in [1.807, 2.05) is 6.92 Å². The Kier molecular flexibility index (Phi) is 5.83. The van der Waals surface area contributed by atoms with E-state index in [1.54, 1.807) is 21.0 Å². The summed E-state index contributed by atoms with van der Waals surface area (Å²) in [6.07, 6.45) is 1.26. The summed E-state index contributed by atoms with van der Waals surface area (Å²) in [6, 6.07) is -0.603. The molecular weight excluding hydrogens is 298 g/mol. The Morgan fingerprint density at radius 1 is 1.48 bits per heavy atom. The summed E-state index contributed by atoms with van der Waals surface area (Å²) in [5.41, 5.74) is -0.421. The summed E-state index contributed by atoms with van der Waals surface area (Å²) in [5, 5.41) is 13.7. The fourth-order valence-electron chi connectivity index (χ4n) is 1.82. The molecule has 0 saturated carbocycles. The van der Waals surface area contributed by atoms with Gasteiger partial charge in [-0.25, -0.2) is 9.97 Å². The number of aromatic nitrogens is 2. The summed E-state index contributed by atoms with van der Waals surface area (Å²) in [7, 11) is 3.25. The number of rotatable bonds is 6. The molecule has 1 N–H and O–H groups in total. The first-order valence-electron chi connectivity index (χ1n) is 6.44. The molecule has 0 radical (unpaired) electrons. The quantitative estimate of drug-likeness (QED) is 0.489. The predicted octanol–water partition coefficient (Wildman–Crippen LogP) is 2.02. The molecule has 1 aromatic rings. The van der Waals surface area contributed by atoms with E-state index in [2.05, 4.69) is 15.3 Å². The van der Waals surface area contributed by atoms with E-state index in [0.717, 1.165) is 6.42 Å². The smallest absolute Gasteiger partial charge is 0.348 e. The molecule has 1 heterocycles. The lowest BCUT2D eigenvalue weighted by molar-refractivity contribution is -0.384. The standard InChI is InChI=1S/C12H18ClN5O3/c1-5-6-8(12(19)17(3)4)16-11-9(18(20)21)10(13)14-7(2)15-11/h8H,5-6H2,1-4H3,(H,14,15,16). The minimum absolute atomic E-state index is 0.0360. The van der Waals surface area contributed by atoms with E-state index >= 15 is 0 Å². The van der Waals surface area contributed by atoms with Crippen LogP contribution in [0.4, 0.5) is 11.5 Å². The molecule has 0 aliphatic rings. The van der Waals surface area contributed by atoms with E-state index in [9.17, 15) is 14.9 Å². The van der Waals surface area contributed by atoms with Gasteiger partial charge in [0.2, 0.25) is 16.9 Å². The Labute approximate surface area is 127 Å². The van der Waals surface area contributed by atoms with Gasteiger partial charge >= 0.3 is 5.69 Å². The molecule has 0 aromatic carbocycles. The fraction of sp³-hybridized carbons (Fsp3) is 0.583. The molecule has 1 rings (SSSR count). The van der Waals surface area contributed by atoms with Crippen molar-refractivity contribution in [3.05, 3.63) is 21.1 Å². The van der Waals surface area contributed by atoms with Crippen LogP contribution in [0.25, 0.3) is 0 Å². The highest BCUT2D eigenvalue weighted by atomic mass is 35.5. The van der Waals surface area contributed by atoms with Gasteiger partial charge in [-0.1, -0.05) is 24.9 Å². The Morgan fingerprint density at radius 2 is 2.10 bits per heavy atom. The minimum Gasteiger partial charge on any atom is -0.352 e. The van der Waals surface area contributed by atoms with Crippen molar-refractivity contribution in [3.8, 4) is 0 Å². The molecule has 8 nitrogen and oxygen atoms in total. The normalized spacial score (nSPS) is 11.9. The van der Waals surface area contributed by atoms with Crippen LogP contribution in [0.5, 0.6) is 0 Å². The monoisotopic (exact) mass is 315 g/mol. The lowest BCUT2D eigenvalue weighted by atomic mass is 10.1. The molecule has 0 bridgehead atoms. The molecule has 1 unspecified atom stereocenters. The Balaban J connectivity index is 3.19. The van der Waals surface area contributed by atoms with Crippen molar-refractivity contribution in [3.63, 3.8) is 0 Å². The number of carbonyl (C=O) groups excluding carboxylic acids is 1. The molecule has 9 heteroatoms. The van der Waals surface area contributed by atoms with Gasteiger partial charge in [0.25, 0.3) is 0 Å². The first-order valence-corrected chi connectivity index (χ1v) is 6.81. The average molecular weight is 316 g/mol. The van der Waals surface area contributed by atoms with E-state index < -0.39 is 16.7 Å². The highest BCUT2D eigenvalue weighted by Gasteiger charge is 2.27. The van der Waals surface area contributed by atoms with Crippen molar-refractivity contribution < 1.29 is 9.72 Å². The molecule has 0 aliphatic carbocycles. The fourth-order valence-corrected chi connectivity index (χ4v) is 2.10. The Morgan fingerprint density at radius 3 is 2.57 bits per heavy atom. The largest absolute Gasteiger partial charge is 0.352 e. The molecule has 21 heavy (non-hydrogen) atoms. The maximum Gasteiger partial charge on any atom is 0.348 e. The zero-order valence-corrected chi connectivity index (χ0v) is 13.1. The van der Waals surface area contributed by atoms with Crippen LogP contribution >= 0.6 is 11.6 Å². The summed E-state index contributed by atoms with van der Waals surface area (Å²) in [6.45, 7) is 3.49. The molecule has 116 valence electrons. The lowest BCUT2D eigenvalue weighted by Crippen LogP contribution is -2.39. The predicted molar refractivity (Wildman–Crippen MR) is 79.4 cm³/mol. The number of hydrogen-bond donors (Lipinski definition) is 1. The average Bonchev–Trinajstić information content (AvgIpc) is 2.35. The third kappa shape index (κ3) is 4.25. The van der Waals surface area contributed by atoms with Gasteiger partial charge in [0.05, 0.1) is 4.92 Å². The summed E-state index contributed by atoms with van der Waals surface area (Å²) >= 11 is 5.80. The van der Waals surface area contributed by atoms with Crippen LogP contribution in [0.2, 0.25) is 5.15 Å². The van der Waals surface area contributed by atoms with E-state index in [0.29, 0.717) is 12.2 Å². The topological polar surface area (TPSA) is 101 Å². The number of nitro groups is 1. The van der Waals surface area contributed by atoms with Gasteiger partial charge in [0.15, 0.2) is 0 Å². The molecule has 0 fully saturated rings. The number of likely N-dealkylation sites (N-methyl/N-ethyl adjacent to an activating group) is 1. The van der Waals surface area contributed by atoms with Crippen LogP contribution in [-0.4, -0.2) is 45.8 Å². The molecule has 1 atom stereocenters. The number of nitrogens with one attached hydrogen (secondary N) is 1. The molecule has 0 aliphatic heterocycles. The SMILES string of the molecule is CCCC(Nc1nc(C)nc(Cl)c1[N+](=O)[O-])C(=O)N(C)C. The van der Waals surface area contributed by atoms with Crippen LogP contribution in [0.1, 0.15) is 25.6 Å². The maximum absolute atomic E-state index is 12.1. The number of amides is 1. The third-order valence-corrected chi connectivity index (χ3v) is 3.03. The highest BCUT2D eigenvalue weighted by Crippen LogP contribution is 2.30. The van der Waals surface area contributed by atoms with Gasteiger partial charge < -0.3 is 10.2 Å². The number of carbonyl (C=O) groups is 1. The van der Waals surface area contributed by atoms with Crippen molar-refractivity contribution in [2.45, 2.75) is 32.7 Å². The van der Waals surface area contributed by atoms with Crippen molar-refractivity contribution in [1.82, 2.24) is 14.9 Å². The minimum atomic E-state index is -0.659. The van der Waals surface area contributed by atoms with E-state index in [1.165, 1.54) is 4.90 Å². The number of nitrogens with zero attached hydrogens (tertiary/aromatic N) is 4. The maximum atomic E-state index is 12.1. The van der Waals surface area contributed by atoms with Gasteiger partial charge in [-0.15, -0.1) is 0 Å². The number of halogens is 1.